The average Bonchev–Trinajstić information content (AvgIpc) is 3.39. The van der Waals surface area contributed by atoms with Gasteiger partial charge in [0.25, 0.3) is 0 Å². The fourth-order valence-electron chi connectivity index (χ4n) is 3.57. The molecule has 3 aromatic rings. The Kier molecular flexibility index (Phi) is 6.43. The predicted molar refractivity (Wildman–Crippen MR) is 123 cm³/mol. The normalized spacial score (nSPS) is 17.3. The number of thiazole rings is 1. The molecule has 1 unspecified atom stereocenters. The van der Waals surface area contributed by atoms with Crippen molar-refractivity contribution in [2.75, 3.05) is 23.9 Å². The van der Waals surface area contributed by atoms with Crippen LogP contribution in [0.2, 0.25) is 0 Å². The molecule has 0 radical (unpaired) electrons. The van der Waals surface area contributed by atoms with E-state index in [-0.39, 0.29) is 11.9 Å². The number of aromatic nitrogens is 1. The van der Waals surface area contributed by atoms with E-state index in [4.69, 9.17) is 0 Å². The highest BCUT2D eigenvalue weighted by molar-refractivity contribution is 7.98. The van der Waals surface area contributed by atoms with Crippen LogP contribution in [0.5, 0.6) is 0 Å². The van der Waals surface area contributed by atoms with Crippen LogP contribution in [-0.2, 0) is 10.0 Å². The summed E-state index contributed by atoms with van der Waals surface area (Å²) >= 11 is 3.08. The summed E-state index contributed by atoms with van der Waals surface area (Å²) in [5, 5.41) is 5.70. The quantitative estimate of drug-likeness (QED) is 0.521. The summed E-state index contributed by atoms with van der Waals surface area (Å²) in [6.07, 6.45) is 3.82. The van der Waals surface area contributed by atoms with Crippen molar-refractivity contribution >= 4 is 43.9 Å². The van der Waals surface area contributed by atoms with Crippen LogP contribution >= 0.6 is 23.1 Å². The number of benzene rings is 2. The van der Waals surface area contributed by atoms with Gasteiger partial charge < -0.3 is 5.32 Å². The lowest BCUT2D eigenvalue weighted by atomic mass is 10.2. The molecule has 30 heavy (non-hydrogen) atoms. The van der Waals surface area contributed by atoms with E-state index in [1.807, 2.05) is 17.7 Å². The molecule has 1 aliphatic rings. The molecule has 2 heterocycles. The predicted octanol–water partition coefficient (Wildman–Crippen LogP) is 5.21. The van der Waals surface area contributed by atoms with Crippen LogP contribution in [0.15, 0.2) is 58.8 Å². The zero-order chi connectivity index (χ0) is 21.1. The Morgan fingerprint density at radius 2 is 2.07 bits per heavy atom. The molecule has 1 N–H and O–H groups in total. The van der Waals surface area contributed by atoms with E-state index in [1.165, 1.54) is 23.5 Å². The molecule has 0 spiro atoms. The van der Waals surface area contributed by atoms with E-state index >= 15 is 0 Å². The largest absolute Gasteiger partial charge is 0.332 e. The summed E-state index contributed by atoms with van der Waals surface area (Å²) in [5.41, 5.74) is 2.15. The summed E-state index contributed by atoms with van der Waals surface area (Å²) in [4.78, 5) is 4.80. The van der Waals surface area contributed by atoms with Gasteiger partial charge in [0.1, 0.15) is 5.82 Å². The van der Waals surface area contributed by atoms with Crippen molar-refractivity contribution in [3.8, 4) is 11.3 Å². The lowest BCUT2D eigenvalue weighted by Crippen LogP contribution is -2.36. The van der Waals surface area contributed by atoms with Crippen LogP contribution < -0.4 is 5.32 Å². The topological polar surface area (TPSA) is 62.3 Å². The van der Waals surface area contributed by atoms with Gasteiger partial charge in [-0.15, -0.1) is 11.3 Å². The SMILES string of the molecule is CSCC1CCCN1S(=O)(=O)c1ccc(Nc2nc(-c3cccc(F)c3)cs2)cc1. The molecular weight excluding hydrogens is 441 g/mol. The molecule has 1 saturated heterocycles. The molecule has 4 rings (SSSR count). The van der Waals surface area contributed by atoms with Crippen molar-refractivity contribution in [3.63, 3.8) is 0 Å². The van der Waals surface area contributed by atoms with Gasteiger partial charge in [-0.25, -0.2) is 17.8 Å². The summed E-state index contributed by atoms with van der Waals surface area (Å²) in [6, 6.07) is 13.1. The highest BCUT2D eigenvalue weighted by atomic mass is 32.2. The Morgan fingerprint density at radius 3 is 2.80 bits per heavy atom. The standard InChI is InChI=1S/C21H22FN3O2S3/c1-28-13-18-6-3-11-25(18)30(26,27)19-9-7-17(8-10-19)23-21-24-20(14-29-21)15-4-2-5-16(22)12-15/h2,4-5,7-10,12,14,18H,3,6,11,13H2,1H3,(H,23,24). The highest BCUT2D eigenvalue weighted by Gasteiger charge is 2.34. The van der Waals surface area contributed by atoms with E-state index in [2.05, 4.69) is 10.3 Å². The number of halogens is 1. The van der Waals surface area contributed by atoms with Crippen LogP contribution in [0.3, 0.4) is 0 Å². The molecule has 0 bridgehead atoms. The smallest absolute Gasteiger partial charge is 0.243 e. The van der Waals surface area contributed by atoms with Gasteiger partial charge in [-0.3, -0.25) is 0 Å². The van der Waals surface area contributed by atoms with Crippen molar-refractivity contribution in [2.24, 2.45) is 0 Å². The van der Waals surface area contributed by atoms with Crippen LogP contribution in [0.25, 0.3) is 11.3 Å². The van der Waals surface area contributed by atoms with E-state index in [1.54, 1.807) is 46.4 Å². The molecular formula is C21H22FN3O2S3. The second-order valence-electron chi connectivity index (χ2n) is 7.06. The van der Waals surface area contributed by atoms with E-state index in [9.17, 15) is 12.8 Å². The number of sulfonamides is 1. The third kappa shape index (κ3) is 4.54. The Morgan fingerprint density at radius 1 is 1.27 bits per heavy atom. The van der Waals surface area contributed by atoms with Crippen LogP contribution in [-0.4, -0.2) is 42.3 Å². The van der Waals surface area contributed by atoms with E-state index in [0.29, 0.717) is 27.8 Å². The molecule has 1 atom stereocenters. The van der Waals surface area contributed by atoms with E-state index < -0.39 is 10.0 Å². The number of hydrogen-bond donors (Lipinski definition) is 1. The summed E-state index contributed by atoms with van der Waals surface area (Å²) < 4.78 is 41.1. The Bertz CT molecular complexity index is 1120. The zero-order valence-electron chi connectivity index (χ0n) is 16.4. The highest BCUT2D eigenvalue weighted by Crippen LogP contribution is 2.30. The summed E-state index contributed by atoms with van der Waals surface area (Å²) in [6.45, 7) is 0.579. The van der Waals surface area contributed by atoms with Gasteiger partial charge in [0.05, 0.1) is 10.6 Å². The summed E-state index contributed by atoms with van der Waals surface area (Å²) in [5.74, 6) is 0.515. The first-order valence-electron chi connectivity index (χ1n) is 9.57. The first-order valence-corrected chi connectivity index (χ1v) is 13.3. The second-order valence-corrected chi connectivity index (χ2v) is 10.7. The lowest BCUT2D eigenvalue weighted by molar-refractivity contribution is 0.412. The first-order chi connectivity index (χ1) is 14.5. The van der Waals surface area contributed by atoms with Crippen molar-refractivity contribution in [2.45, 2.75) is 23.8 Å². The maximum absolute atomic E-state index is 13.4. The van der Waals surface area contributed by atoms with Gasteiger partial charge in [0.15, 0.2) is 5.13 Å². The van der Waals surface area contributed by atoms with Gasteiger partial charge in [0.2, 0.25) is 10.0 Å². The molecule has 9 heteroatoms. The Balaban J connectivity index is 1.48. The minimum Gasteiger partial charge on any atom is -0.332 e. The number of rotatable bonds is 7. The second kappa shape index (κ2) is 9.05. The third-order valence-electron chi connectivity index (χ3n) is 5.02. The zero-order valence-corrected chi connectivity index (χ0v) is 18.9. The fraction of sp³-hybridized carbons (Fsp3) is 0.286. The number of thioether (sulfide) groups is 1. The van der Waals surface area contributed by atoms with Gasteiger partial charge >= 0.3 is 0 Å². The molecule has 1 aromatic heterocycles. The molecule has 5 nitrogen and oxygen atoms in total. The molecule has 2 aromatic carbocycles. The number of nitrogens with one attached hydrogen (secondary N) is 1. The maximum Gasteiger partial charge on any atom is 0.243 e. The van der Waals surface area contributed by atoms with Crippen molar-refractivity contribution < 1.29 is 12.8 Å². The number of anilines is 2. The van der Waals surface area contributed by atoms with Gasteiger partial charge in [0, 0.05) is 35.0 Å². The van der Waals surface area contributed by atoms with Crippen molar-refractivity contribution in [3.05, 3.63) is 59.7 Å². The molecule has 1 fully saturated rings. The van der Waals surface area contributed by atoms with Gasteiger partial charge in [-0.1, -0.05) is 12.1 Å². The van der Waals surface area contributed by atoms with Crippen LogP contribution in [0, 0.1) is 5.82 Å². The molecule has 0 saturated carbocycles. The maximum atomic E-state index is 13.4. The fourth-order valence-corrected chi connectivity index (χ4v) is 6.82. The molecule has 0 amide bonds. The number of hydrogen-bond acceptors (Lipinski definition) is 6. The number of nitrogens with zero attached hydrogens (tertiary/aromatic N) is 2. The average molecular weight is 464 g/mol. The Labute approximate surface area is 184 Å². The monoisotopic (exact) mass is 463 g/mol. The van der Waals surface area contributed by atoms with Gasteiger partial charge in [-0.2, -0.15) is 16.1 Å². The summed E-state index contributed by atoms with van der Waals surface area (Å²) in [7, 11) is -3.49. The first kappa shape index (κ1) is 21.3. The molecule has 1 aliphatic heterocycles. The Hall–Kier alpha value is -1.94. The van der Waals surface area contributed by atoms with Crippen molar-refractivity contribution in [1.82, 2.24) is 9.29 Å². The van der Waals surface area contributed by atoms with E-state index in [0.717, 1.165) is 24.3 Å². The molecule has 158 valence electrons. The molecule has 0 aliphatic carbocycles. The van der Waals surface area contributed by atoms with Gasteiger partial charge in [-0.05, 0) is 55.5 Å². The van der Waals surface area contributed by atoms with Crippen LogP contribution in [0.4, 0.5) is 15.2 Å². The lowest BCUT2D eigenvalue weighted by Gasteiger charge is -2.23. The third-order valence-corrected chi connectivity index (χ3v) is 8.46. The van der Waals surface area contributed by atoms with Crippen molar-refractivity contribution in [1.29, 1.82) is 0 Å². The minimum atomic E-state index is -3.49. The van der Waals surface area contributed by atoms with Crippen LogP contribution in [0.1, 0.15) is 12.8 Å². The minimum absolute atomic E-state index is 0.0689.